The number of nitriles is 1. The largest absolute Gasteiger partial charge is 0.198 e. The average molecular weight is 195 g/mol. The van der Waals surface area contributed by atoms with Crippen LogP contribution < -0.4 is 0 Å². The Morgan fingerprint density at radius 2 is 2.50 bits per heavy atom. The molecular formula is C4H6IN. The molecular weight excluding hydrogens is 189 g/mol. The van der Waals surface area contributed by atoms with Crippen molar-refractivity contribution in [2.45, 2.75) is 6.92 Å². The van der Waals surface area contributed by atoms with Gasteiger partial charge in [0.05, 0.1) is 12.0 Å². The number of hydrogen-bond acceptors (Lipinski definition) is 1. The van der Waals surface area contributed by atoms with Gasteiger partial charge in [0.15, 0.2) is 0 Å². The molecule has 0 saturated heterocycles. The van der Waals surface area contributed by atoms with Crippen LogP contribution in [-0.2, 0) is 0 Å². The summed E-state index contributed by atoms with van der Waals surface area (Å²) in [4.78, 5) is 0. The van der Waals surface area contributed by atoms with Crippen molar-refractivity contribution in [3.05, 3.63) is 0 Å². The number of rotatable bonds is 1. The van der Waals surface area contributed by atoms with Gasteiger partial charge in [0.25, 0.3) is 0 Å². The monoisotopic (exact) mass is 195 g/mol. The standard InChI is InChI=1S/C4H6IN/c1-4(2-5)3-6/h4H,2H2,1H3. The molecule has 0 radical (unpaired) electrons. The third-order valence-corrected chi connectivity index (χ3v) is 1.77. The Balaban J connectivity index is 3.04. The first-order chi connectivity index (χ1) is 2.81. The molecule has 0 aliphatic carbocycles. The van der Waals surface area contributed by atoms with Crippen LogP contribution in [0.5, 0.6) is 0 Å². The highest BCUT2D eigenvalue weighted by atomic mass is 127. The molecule has 34 valence electrons. The molecule has 0 aromatic carbocycles. The van der Waals surface area contributed by atoms with E-state index in [1.807, 2.05) is 6.92 Å². The maximum atomic E-state index is 8.08. The van der Waals surface area contributed by atoms with Gasteiger partial charge in [-0.3, -0.25) is 0 Å². The fourth-order valence-corrected chi connectivity index (χ4v) is 0.231. The lowest BCUT2D eigenvalue weighted by Crippen LogP contribution is -1.86. The van der Waals surface area contributed by atoms with Crippen molar-refractivity contribution >= 4 is 22.6 Å². The van der Waals surface area contributed by atoms with E-state index < -0.39 is 0 Å². The van der Waals surface area contributed by atoms with Gasteiger partial charge < -0.3 is 0 Å². The molecule has 1 nitrogen and oxygen atoms in total. The van der Waals surface area contributed by atoms with Crippen molar-refractivity contribution in [2.24, 2.45) is 5.92 Å². The van der Waals surface area contributed by atoms with E-state index in [-0.39, 0.29) is 5.92 Å². The molecule has 6 heavy (non-hydrogen) atoms. The highest BCUT2D eigenvalue weighted by Gasteiger charge is 1.90. The molecule has 0 spiro atoms. The first-order valence-electron chi connectivity index (χ1n) is 1.77. The van der Waals surface area contributed by atoms with Crippen molar-refractivity contribution in [1.29, 1.82) is 5.26 Å². The lowest BCUT2D eigenvalue weighted by Gasteiger charge is -1.85. The van der Waals surface area contributed by atoms with E-state index in [1.54, 1.807) is 0 Å². The normalized spacial score (nSPS) is 12.8. The molecule has 1 atom stereocenters. The molecule has 0 saturated carbocycles. The number of nitrogens with zero attached hydrogens (tertiary/aromatic N) is 1. The first-order valence-corrected chi connectivity index (χ1v) is 3.29. The molecule has 0 aliphatic rings. The smallest absolute Gasteiger partial charge is 0.0660 e. The van der Waals surface area contributed by atoms with Gasteiger partial charge in [-0.15, -0.1) is 0 Å². The van der Waals surface area contributed by atoms with Crippen molar-refractivity contribution in [3.8, 4) is 6.07 Å². The third-order valence-electron chi connectivity index (χ3n) is 0.452. The maximum absolute atomic E-state index is 8.08. The van der Waals surface area contributed by atoms with Crippen LogP contribution in [0.1, 0.15) is 6.92 Å². The van der Waals surface area contributed by atoms with Crippen molar-refractivity contribution in [3.63, 3.8) is 0 Å². The summed E-state index contributed by atoms with van der Waals surface area (Å²) in [5, 5.41) is 8.08. The van der Waals surface area contributed by atoms with Crippen LogP contribution in [0.4, 0.5) is 0 Å². The molecule has 0 bridgehead atoms. The van der Waals surface area contributed by atoms with Crippen LogP contribution in [0.25, 0.3) is 0 Å². The van der Waals surface area contributed by atoms with Crippen LogP contribution in [0.2, 0.25) is 0 Å². The summed E-state index contributed by atoms with van der Waals surface area (Å²) < 4.78 is 0.939. The van der Waals surface area contributed by atoms with Crippen LogP contribution in [0, 0.1) is 17.2 Å². The minimum absolute atomic E-state index is 0.227. The van der Waals surface area contributed by atoms with Gasteiger partial charge in [-0.1, -0.05) is 22.6 Å². The summed E-state index contributed by atoms with van der Waals surface area (Å²) in [6.45, 7) is 1.91. The topological polar surface area (TPSA) is 23.8 Å². The summed E-state index contributed by atoms with van der Waals surface area (Å²) in [6.07, 6.45) is 0. The van der Waals surface area contributed by atoms with Gasteiger partial charge in [-0.05, 0) is 6.92 Å². The second-order valence-corrected chi connectivity index (χ2v) is 2.07. The summed E-state index contributed by atoms with van der Waals surface area (Å²) in [5.74, 6) is 0.227. The minimum Gasteiger partial charge on any atom is -0.198 e. The lowest BCUT2D eigenvalue weighted by molar-refractivity contribution is 0.880. The van der Waals surface area contributed by atoms with Crippen molar-refractivity contribution in [2.75, 3.05) is 4.43 Å². The van der Waals surface area contributed by atoms with E-state index in [0.29, 0.717) is 0 Å². The summed E-state index contributed by atoms with van der Waals surface area (Å²) >= 11 is 2.19. The summed E-state index contributed by atoms with van der Waals surface area (Å²) in [5.41, 5.74) is 0. The van der Waals surface area contributed by atoms with Crippen LogP contribution in [0.3, 0.4) is 0 Å². The van der Waals surface area contributed by atoms with Gasteiger partial charge in [-0.2, -0.15) is 5.26 Å². The zero-order valence-corrected chi connectivity index (χ0v) is 5.77. The number of halogens is 1. The van der Waals surface area contributed by atoms with E-state index in [9.17, 15) is 0 Å². The van der Waals surface area contributed by atoms with E-state index in [2.05, 4.69) is 28.7 Å². The minimum atomic E-state index is 0.227. The van der Waals surface area contributed by atoms with Crippen LogP contribution in [-0.4, -0.2) is 4.43 Å². The number of alkyl halides is 1. The zero-order valence-electron chi connectivity index (χ0n) is 3.61. The first kappa shape index (κ1) is 6.22. The zero-order chi connectivity index (χ0) is 4.99. The lowest BCUT2D eigenvalue weighted by atomic mass is 10.3. The highest BCUT2D eigenvalue weighted by molar-refractivity contribution is 14.1. The Kier molecular flexibility index (Phi) is 3.54. The van der Waals surface area contributed by atoms with E-state index in [0.717, 1.165) is 4.43 Å². The predicted octanol–water partition coefficient (Wildman–Crippen LogP) is 1.58. The Morgan fingerprint density at radius 3 is 2.50 bits per heavy atom. The third kappa shape index (κ3) is 2.46. The summed E-state index contributed by atoms with van der Waals surface area (Å²) in [6, 6.07) is 2.11. The molecule has 0 aliphatic heterocycles. The van der Waals surface area contributed by atoms with Gasteiger partial charge in [-0.25, -0.2) is 0 Å². The van der Waals surface area contributed by atoms with Gasteiger partial charge in [0, 0.05) is 4.43 Å². The quantitative estimate of drug-likeness (QED) is 0.460. The maximum Gasteiger partial charge on any atom is 0.0660 e. The molecule has 0 heterocycles. The van der Waals surface area contributed by atoms with Gasteiger partial charge in [0.1, 0.15) is 0 Å². The van der Waals surface area contributed by atoms with E-state index in [4.69, 9.17) is 5.26 Å². The van der Waals surface area contributed by atoms with Crippen molar-refractivity contribution in [1.82, 2.24) is 0 Å². The predicted molar refractivity (Wildman–Crippen MR) is 33.7 cm³/mol. The molecule has 2 heteroatoms. The van der Waals surface area contributed by atoms with Crippen molar-refractivity contribution < 1.29 is 0 Å². The van der Waals surface area contributed by atoms with Gasteiger partial charge in [0.2, 0.25) is 0 Å². The highest BCUT2D eigenvalue weighted by Crippen LogP contribution is 1.95. The van der Waals surface area contributed by atoms with Crippen LogP contribution >= 0.6 is 22.6 Å². The summed E-state index contributed by atoms with van der Waals surface area (Å²) in [7, 11) is 0. The Bertz CT molecular complexity index is 64.4. The Morgan fingerprint density at radius 1 is 2.00 bits per heavy atom. The molecule has 0 rings (SSSR count). The molecule has 1 unspecified atom stereocenters. The molecule has 0 N–H and O–H groups in total. The fraction of sp³-hybridized carbons (Fsp3) is 0.750. The molecule has 0 aromatic rings. The van der Waals surface area contributed by atoms with E-state index >= 15 is 0 Å². The number of hydrogen-bond donors (Lipinski definition) is 0. The van der Waals surface area contributed by atoms with Gasteiger partial charge >= 0.3 is 0 Å². The SMILES string of the molecule is CC(C#N)CI. The average Bonchev–Trinajstić information content (AvgIpc) is 1.65. The van der Waals surface area contributed by atoms with E-state index in [1.165, 1.54) is 0 Å². The Hall–Kier alpha value is 0.220. The van der Waals surface area contributed by atoms with Crippen LogP contribution in [0.15, 0.2) is 0 Å². The Labute approximate surface area is 51.5 Å². The molecule has 0 aromatic heterocycles. The second-order valence-electron chi connectivity index (χ2n) is 1.18. The fourth-order valence-electron chi connectivity index (χ4n) is 0.0345. The molecule has 0 fully saturated rings. The second kappa shape index (κ2) is 3.41. The molecule has 0 amide bonds.